The normalized spacial score (nSPS) is 11.1. The summed E-state index contributed by atoms with van der Waals surface area (Å²) in [4.78, 5) is 13.0. The predicted molar refractivity (Wildman–Crippen MR) is 109 cm³/mol. The molecule has 0 aliphatic carbocycles. The molecule has 1 amide bonds. The van der Waals surface area contributed by atoms with Gasteiger partial charge in [-0.1, -0.05) is 24.3 Å². The summed E-state index contributed by atoms with van der Waals surface area (Å²) in [5.41, 5.74) is 5.49. The molecule has 27 heavy (non-hydrogen) atoms. The van der Waals surface area contributed by atoms with Crippen molar-refractivity contribution in [1.82, 2.24) is 4.57 Å². The van der Waals surface area contributed by atoms with Crippen LogP contribution in [0, 0.1) is 19.7 Å². The van der Waals surface area contributed by atoms with E-state index in [1.165, 1.54) is 12.1 Å². The van der Waals surface area contributed by atoms with Crippen LogP contribution >= 0.6 is 11.3 Å². The Bertz CT molecular complexity index is 1130. The molecule has 2 aromatic carbocycles. The van der Waals surface area contributed by atoms with Crippen molar-refractivity contribution in [2.75, 3.05) is 5.32 Å². The third-order valence-corrected chi connectivity index (χ3v) is 5.50. The van der Waals surface area contributed by atoms with Gasteiger partial charge in [-0.3, -0.25) is 4.79 Å². The Morgan fingerprint density at radius 1 is 1.07 bits per heavy atom. The van der Waals surface area contributed by atoms with E-state index >= 15 is 0 Å². The maximum Gasteiger partial charge on any atom is 0.272 e. The van der Waals surface area contributed by atoms with E-state index in [1.807, 2.05) is 54.1 Å². The van der Waals surface area contributed by atoms with Gasteiger partial charge < -0.3 is 9.88 Å². The maximum absolute atomic E-state index is 13.2. The van der Waals surface area contributed by atoms with Crippen LogP contribution in [0.25, 0.3) is 10.2 Å². The van der Waals surface area contributed by atoms with Gasteiger partial charge in [0.05, 0.1) is 10.2 Å². The fourth-order valence-corrected chi connectivity index (χ4v) is 3.99. The predicted octanol–water partition coefficient (Wildman–Crippen LogP) is 5.76. The first-order chi connectivity index (χ1) is 13.0. The van der Waals surface area contributed by atoms with Crippen molar-refractivity contribution < 1.29 is 9.18 Å². The molecule has 136 valence electrons. The molecule has 0 atom stereocenters. The van der Waals surface area contributed by atoms with Crippen LogP contribution in [0.2, 0.25) is 0 Å². The minimum atomic E-state index is -0.264. The molecule has 5 heteroatoms. The number of nitrogens with zero attached hydrogens (tertiary/aromatic N) is 1. The number of rotatable bonds is 4. The SMILES string of the molecule is Cc1ccc(C)c(NC(=O)c2cc3sccc3n2Cc2ccc(F)cc2)c1. The smallest absolute Gasteiger partial charge is 0.272 e. The second-order valence-electron chi connectivity index (χ2n) is 6.68. The van der Waals surface area contributed by atoms with E-state index in [2.05, 4.69) is 5.32 Å². The molecule has 3 nitrogen and oxygen atoms in total. The average Bonchev–Trinajstić information content (AvgIpc) is 3.22. The van der Waals surface area contributed by atoms with Gasteiger partial charge in [-0.05, 0) is 66.2 Å². The number of carbonyl (C=O) groups is 1. The molecule has 4 rings (SSSR count). The third-order valence-electron chi connectivity index (χ3n) is 4.65. The number of carbonyl (C=O) groups excluding carboxylic acids is 1. The number of benzene rings is 2. The molecule has 0 saturated heterocycles. The highest BCUT2D eigenvalue weighted by molar-refractivity contribution is 7.17. The van der Waals surface area contributed by atoms with Gasteiger partial charge in [0, 0.05) is 12.2 Å². The molecule has 2 aromatic heterocycles. The van der Waals surface area contributed by atoms with Crippen molar-refractivity contribution in [1.29, 1.82) is 0 Å². The monoisotopic (exact) mass is 378 g/mol. The highest BCUT2D eigenvalue weighted by Crippen LogP contribution is 2.27. The number of aryl methyl sites for hydroxylation is 2. The summed E-state index contributed by atoms with van der Waals surface area (Å²) in [6.07, 6.45) is 0. The number of amides is 1. The first-order valence-corrected chi connectivity index (χ1v) is 9.59. The van der Waals surface area contributed by atoms with Crippen LogP contribution in [0.3, 0.4) is 0 Å². The van der Waals surface area contributed by atoms with Crippen LogP contribution < -0.4 is 5.32 Å². The maximum atomic E-state index is 13.2. The summed E-state index contributed by atoms with van der Waals surface area (Å²) in [5.74, 6) is -0.408. The highest BCUT2D eigenvalue weighted by atomic mass is 32.1. The molecule has 1 N–H and O–H groups in total. The number of hydrogen-bond acceptors (Lipinski definition) is 2. The third kappa shape index (κ3) is 3.51. The Kier molecular flexibility index (Phi) is 4.54. The molecule has 0 saturated carbocycles. The summed E-state index contributed by atoms with van der Waals surface area (Å²) < 4.78 is 16.3. The van der Waals surface area contributed by atoms with Crippen molar-refractivity contribution in [2.45, 2.75) is 20.4 Å². The summed E-state index contributed by atoms with van der Waals surface area (Å²) in [6.45, 7) is 4.49. The quantitative estimate of drug-likeness (QED) is 0.481. The lowest BCUT2D eigenvalue weighted by atomic mass is 10.1. The van der Waals surface area contributed by atoms with Gasteiger partial charge in [0.15, 0.2) is 0 Å². The van der Waals surface area contributed by atoms with Crippen molar-refractivity contribution >= 4 is 33.1 Å². The Labute approximate surface area is 161 Å². The molecular weight excluding hydrogens is 359 g/mol. The first-order valence-electron chi connectivity index (χ1n) is 8.71. The Morgan fingerprint density at radius 2 is 1.85 bits per heavy atom. The van der Waals surface area contributed by atoms with Gasteiger partial charge in [0.1, 0.15) is 11.5 Å². The van der Waals surface area contributed by atoms with Gasteiger partial charge in [0.2, 0.25) is 0 Å². The lowest BCUT2D eigenvalue weighted by molar-refractivity contribution is 0.101. The number of thiophene rings is 1. The van der Waals surface area contributed by atoms with E-state index < -0.39 is 0 Å². The molecule has 0 aliphatic rings. The minimum Gasteiger partial charge on any atom is -0.331 e. The van der Waals surface area contributed by atoms with Gasteiger partial charge in [-0.25, -0.2) is 4.39 Å². The lowest BCUT2D eigenvalue weighted by Gasteiger charge is -2.13. The van der Waals surface area contributed by atoms with Crippen molar-refractivity contribution in [3.8, 4) is 0 Å². The Hall–Kier alpha value is -2.92. The molecule has 0 radical (unpaired) electrons. The molecule has 4 aromatic rings. The largest absolute Gasteiger partial charge is 0.331 e. The second-order valence-corrected chi connectivity index (χ2v) is 7.63. The van der Waals surface area contributed by atoms with Crippen molar-refractivity contribution in [2.24, 2.45) is 0 Å². The van der Waals surface area contributed by atoms with E-state index in [0.717, 1.165) is 32.6 Å². The number of nitrogens with one attached hydrogen (secondary N) is 1. The second kappa shape index (κ2) is 7.00. The van der Waals surface area contributed by atoms with E-state index in [9.17, 15) is 9.18 Å². The number of hydrogen-bond donors (Lipinski definition) is 1. The van der Waals surface area contributed by atoms with Crippen molar-refractivity contribution in [3.63, 3.8) is 0 Å². The first kappa shape index (κ1) is 17.5. The summed E-state index contributed by atoms with van der Waals surface area (Å²) in [5, 5.41) is 5.05. The molecular formula is C22H19FN2OS. The van der Waals surface area contributed by atoms with E-state index in [0.29, 0.717) is 12.2 Å². The van der Waals surface area contributed by atoms with Gasteiger partial charge in [-0.2, -0.15) is 0 Å². The Balaban J connectivity index is 1.70. The van der Waals surface area contributed by atoms with Gasteiger partial charge >= 0.3 is 0 Å². The lowest BCUT2D eigenvalue weighted by Crippen LogP contribution is -2.18. The van der Waals surface area contributed by atoms with E-state index in [4.69, 9.17) is 0 Å². The number of halogens is 1. The molecule has 0 unspecified atom stereocenters. The molecule has 0 spiro atoms. The van der Waals surface area contributed by atoms with Crippen LogP contribution in [0.15, 0.2) is 60.0 Å². The minimum absolute atomic E-state index is 0.144. The molecule has 0 aliphatic heterocycles. The summed E-state index contributed by atoms with van der Waals surface area (Å²) in [7, 11) is 0. The zero-order valence-electron chi connectivity index (χ0n) is 15.1. The van der Waals surface area contributed by atoms with Crippen LogP contribution in [0.1, 0.15) is 27.2 Å². The highest BCUT2D eigenvalue weighted by Gasteiger charge is 2.17. The number of fused-ring (bicyclic) bond motifs is 1. The Morgan fingerprint density at radius 3 is 2.63 bits per heavy atom. The fraction of sp³-hybridized carbons (Fsp3) is 0.136. The van der Waals surface area contributed by atoms with E-state index in [-0.39, 0.29) is 11.7 Å². The van der Waals surface area contributed by atoms with Crippen LogP contribution in [-0.2, 0) is 6.54 Å². The summed E-state index contributed by atoms with van der Waals surface area (Å²) >= 11 is 1.60. The van der Waals surface area contributed by atoms with Crippen molar-refractivity contribution in [3.05, 3.63) is 88.2 Å². The molecule has 0 fully saturated rings. The molecule has 2 heterocycles. The van der Waals surface area contributed by atoms with Gasteiger partial charge in [0.25, 0.3) is 5.91 Å². The number of anilines is 1. The summed E-state index contributed by atoms with van der Waals surface area (Å²) in [6, 6.07) is 16.3. The fourth-order valence-electron chi connectivity index (χ4n) is 3.16. The topological polar surface area (TPSA) is 34.0 Å². The van der Waals surface area contributed by atoms with Crippen LogP contribution in [0.5, 0.6) is 0 Å². The van der Waals surface area contributed by atoms with E-state index in [1.54, 1.807) is 23.5 Å². The average molecular weight is 378 g/mol. The zero-order valence-corrected chi connectivity index (χ0v) is 15.9. The molecule has 0 bridgehead atoms. The van der Waals surface area contributed by atoms with Crippen LogP contribution in [-0.4, -0.2) is 10.5 Å². The zero-order chi connectivity index (χ0) is 19.0. The number of aromatic nitrogens is 1. The van der Waals surface area contributed by atoms with Crippen LogP contribution in [0.4, 0.5) is 10.1 Å². The van der Waals surface area contributed by atoms with Gasteiger partial charge in [-0.15, -0.1) is 11.3 Å². The standard InChI is InChI=1S/C22H19FN2OS/c1-14-3-4-15(2)18(11-14)24-22(26)20-12-21-19(9-10-27-21)25(20)13-16-5-7-17(23)8-6-16/h3-12H,13H2,1-2H3,(H,24,26).